The Morgan fingerprint density at radius 3 is 2.57 bits per heavy atom. The first-order valence-electron chi connectivity index (χ1n) is 4.77. The summed E-state index contributed by atoms with van der Waals surface area (Å²) >= 11 is 3.47. The van der Waals surface area contributed by atoms with Crippen molar-refractivity contribution in [2.75, 3.05) is 5.32 Å². The minimum absolute atomic E-state index is 0.253. The third-order valence-corrected chi connectivity index (χ3v) is 3.08. The predicted octanol–water partition coefficient (Wildman–Crippen LogP) is 3.69. The molecule has 0 spiro atoms. The molecule has 1 N–H and O–H groups in total. The van der Waals surface area contributed by atoms with E-state index < -0.39 is 0 Å². The molecular weight excluding hydrogens is 240 g/mol. The summed E-state index contributed by atoms with van der Waals surface area (Å²) in [5, 5.41) is 3.46. The van der Waals surface area contributed by atoms with Crippen LogP contribution in [0.25, 0.3) is 0 Å². The highest BCUT2D eigenvalue weighted by Crippen LogP contribution is 2.26. The summed E-state index contributed by atoms with van der Waals surface area (Å²) in [4.78, 5) is 4.03. The lowest BCUT2D eigenvalue weighted by Gasteiger charge is -2.29. The smallest absolute Gasteiger partial charge is 0.0590 e. The monoisotopic (exact) mass is 256 g/mol. The molecule has 0 saturated heterocycles. The SMILES string of the molecule is CC(Nc1ccncc1Br)C(C)(C)C. The van der Waals surface area contributed by atoms with Gasteiger partial charge in [-0.05, 0) is 34.3 Å². The minimum atomic E-state index is 0.253. The molecule has 1 heterocycles. The largest absolute Gasteiger partial charge is 0.381 e. The Morgan fingerprint density at radius 2 is 2.07 bits per heavy atom. The van der Waals surface area contributed by atoms with Gasteiger partial charge in [-0.1, -0.05) is 20.8 Å². The van der Waals surface area contributed by atoms with Gasteiger partial charge < -0.3 is 5.32 Å². The van der Waals surface area contributed by atoms with E-state index in [0.29, 0.717) is 6.04 Å². The number of anilines is 1. The van der Waals surface area contributed by atoms with E-state index in [1.807, 2.05) is 6.07 Å². The summed E-state index contributed by atoms with van der Waals surface area (Å²) in [5.74, 6) is 0. The highest BCUT2D eigenvalue weighted by Gasteiger charge is 2.20. The number of rotatable bonds is 2. The number of nitrogens with one attached hydrogen (secondary N) is 1. The maximum atomic E-state index is 4.03. The molecule has 3 heteroatoms. The molecular formula is C11H17BrN2. The van der Waals surface area contributed by atoms with Crippen molar-refractivity contribution in [3.63, 3.8) is 0 Å². The third-order valence-electron chi connectivity index (χ3n) is 2.44. The van der Waals surface area contributed by atoms with Crippen LogP contribution in [0.1, 0.15) is 27.7 Å². The Bertz CT molecular complexity index is 304. The van der Waals surface area contributed by atoms with Crippen LogP contribution in [0.4, 0.5) is 5.69 Å². The summed E-state index contributed by atoms with van der Waals surface area (Å²) < 4.78 is 1.01. The number of halogens is 1. The van der Waals surface area contributed by atoms with E-state index in [4.69, 9.17) is 0 Å². The normalized spacial score (nSPS) is 13.8. The molecule has 0 aliphatic rings. The summed E-state index contributed by atoms with van der Waals surface area (Å²) in [6.45, 7) is 8.85. The molecule has 0 radical (unpaired) electrons. The maximum Gasteiger partial charge on any atom is 0.0590 e. The van der Waals surface area contributed by atoms with Crippen molar-refractivity contribution in [3.05, 3.63) is 22.9 Å². The zero-order valence-electron chi connectivity index (χ0n) is 9.13. The average Bonchev–Trinajstić information content (AvgIpc) is 2.07. The van der Waals surface area contributed by atoms with Crippen molar-refractivity contribution in [2.24, 2.45) is 5.41 Å². The van der Waals surface area contributed by atoms with Crippen LogP contribution < -0.4 is 5.32 Å². The Balaban J connectivity index is 2.75. The number of hydrogen-bond acceptors (Lipinski definition) is 2. The second-order valence-corrected chi connectivity index (χ2v) is 5.44. The van der Waals surface area contributed by atoms with Crippen LogP contribution in [0.5, 0.6) is 0 Å². The predicted molar refractivity (Wildman–Crippen MR) is 64.5 cm³/mol. The number of hydrogen-bond donors (Lipinski definition) is 1. The molecule has 1 unspecified atom stereocenters. The van der Waals surface area contributed by atoms with Crippen LogP contribution in [-0.4, -0.2) is 11.0 Å². The van der Waals surface area contributed by atoms with Crippen molar-refractivity contribution < 1.29 is 0 Å². The molecule has 0 aliphatic carbocycles. The molecule has 0 fully saturated rings. The molecule has 0 saturated carbocycles. The van der Waals surface area contributed by atoms with E-state index in [1.165, 1.54) is 0 Å². The van der Waals surface area contributed by atoms with E-state index in [9.17, 15) is 0 Å². The van der Waals surface area contributed by atoms with Crippen molar-refractivity contribution in [1.82, 2.24) is 4.98 Å². The van der Waals surface area contributed by atoms with Gasteiger partial charge in [0.15, 0.2) is 0 Å². The van der Waals surface area contributed by atoms with Crippen LogP contribution in [0, 0.1) is 5.41 Å². The first-order valence-corrected chi connectivity index (χ1v) is 5.56. The van der Waals surface area contributed by atoms with Crippen molar-refractivity contribution in [3.8, 4) is 0 Å². The zero-order valence-corrected chi connectivity index (χ0v) is 10.7. The van der Waals surface area contributed by atoms with Crippen LogP contribution in [-0.2, 0) is 0 Å². The molecule has 0 bridgehead atoms. The van der Waals surface area contributed by atoms with Crippen molar-refractivity contribution >= 4 is 21.6 Å². The average molecular weight is 257 g/mol. The molecule has 14 heavy (non-hydrogen) atoms. The van der Waals surface area contributed by atoms with Gasteiger partial charge in [0.05, 0.1) is 10.2 Å². The van der Waals surface area contributed by atoms with E-state index in [1.54, 1.807) is 12.4 Å². The minimum Gasteiger partial charge on any atom is -0.381 e. The van der Waals surface area contributed by atoms with Crippen LogP contribution in [0.15, 0.2) is 22.9 Å². The molecule has 1 aromatic heterocycles. The second kappa shape index (κ2) is 4.30. The molecule has 0 aliphatic heterocycles. The molecule has 2 nitrogen and oxygen atoms in total. The van der Waals surface area contributed by atoms with Gasteiger partial charge in [-0.25, -0.2) is 0 Å². The lowest BCUT2D eigenvalue weighted by atomic mass is 9.88. The van der Waals surface area contributed by atoms with Gasteiger partial charge >= 0.3 is 0 Å². The van der Waals surface area contributed by atoms with E-state index >= 15 is 0 Å². The van der Waals surface area contributed by atoms with Gasteiger partial charge in [-0.3, -0.25) is 4.98 Å². The number of pyridine rings is 1. The second-order valence-electron chi connectivity index (χ2n) is 4.59. The lowest BCUT2D eigenvalue weighted by molar-refractivity contribution is 0.359. The lowest BCUT2D eigenvalue weighted by Crippen LogP contribution is -2.30. The Labute approximate surface area is 94.3 Å². The highest BCUT2D eigenvalue weighted by molar-refractivity contribution is 9.10. The summed E-state index contributed by atoms with van der Waals surface area (Å²) in [5.41, 5.74) is 1.35. The fourth-order valence-electron chi connectivity index (χ4n) is 0.942. The third kappa shape index (κ3) is 2.98. The van der Waals surface area contributed by atoms with E-state index in [-0.39, 0.29) is 5.41 Å². The van der Waals surface area contributed by atoms with Gasteiger partial charge in [0.1, 0.15) is 0 Å². The molecule has 0 aromatic carbocycles. The van der Waals surface area contributed by atoms with Crippen molar-refractivity contribution in [1.29, 1.82) is 0 Å². The highest BCUT2D eigenvalue weighted by atomic mass is 79.9. The Morgan fingerprint density at radius 1 is 1.43 bits per heavy atom. The molecule has 0 amide bonds. The van der Waals surface area contributed by atoms with Crippen LogP contribution in [0.3, 0.4) is 0 Å². The Hall–Kier alpha value is -0.570. The maximum absolute atomic E-state index is 4.03. The summed E-state index contributed by atoms with van der Waals surface area (Å²) in [7, 11) is 0. The summed E-state index contributed by atoms with van der Waals surface area (Å²) in [6.07, 6.45) is 3.60. The number of aromatic nitrogens is 1. The van der Waals surface area contributed by atoms with Crippen LogP contribution in [0.2, 0.25) is 0 Å². The van der Waals surface area contributed by atoms with E-state index in [0.717, 1.165) is 10.2 Å². The molecule has 1 rings (SSSR count). The fourth-order valence-corrected chi connectivity index (χ4v) is 1.31. The van der Waals surface area contributed by atoms with E-state index in [2.05, 4.69) is 53.9 Å². The van der Waals surface area contributed by atoms with Crippen LogP contribution >= 0.6 is 15.9 Å². The number of nitrogens with zero attached hydrogens (tertiary/aromatic N) is 1. The topological polar surface area (TPSA) is 24.9 Å². The standard InChI is InChI=1S/C11H17BrN2/c1-8(11(2,3)4)14-10-5-6-13-7-9(10)12/h5-8H,1-4H3,(H,13,14). The van der Waals surface area contributed by atoms with Gasteiger partial charge in [-0.2, -0.15) is 0 Å². The van der Waals surface area contributed by atoms with Gasteiger partial charge in [0, 0.05) is 18.4 Å². The molecule has 78 valence electrons. The van der Waals surface area contributed by atoms with Crippen molar-refractivity contribution in [2.45, 2.75) is 33.7 Å². The zero-order chi connectivity index (χ0) is 10.8. The quantitative estimate of drug-likeness (QED) is 0.873. The Kier molecular flexibility index (Phi) is 3.53. The summed E-state index contributed by atoms with van der Waals surface area (Å²) in [6, 6.07) is 2.40. The first-order chi connectivity index (χ1) is 6.41. The molecule has 1 aromatic rings. The van der Waals surface area contributed by atoms with Gasteiger partial charge in [-0.15, -0.1) is 0 Å². The van der Waals surface area contributed by atoms with Gasteiger partial charge in [0.2, 0.25) is 0 Å². The van der Waals surface area contributed by atoms with Gasteiger partial charge in [0.25, 0.3) is 0 Å². The fraction of sp³-hybridized carbons (Fsp3) is 0.545. The first kappa shape index (κ1) is 11.5. The molecule has 1 atom stereocenters.